The van der Waals surface area contributed by atoms with Gasteiger partial charge in [0, 0.05) is 13.0 Å². The van der Waals surface area contributed by atoms with E-state index in [0.717, 1.165) is 16.0 Å². The van der Waals surface area contributed by atoms with Gasteiger partial charge in [-0.25, -0.2) is 9.59 Å². The number of nitrogens with one attached hydrogen (secondary N) is 1. The quantitative estimate of drug-likeness (QED) is 0.597. The number of carbonyl (C=O) groups is 4. The lowest BCUT2D eigenvalue weighted by molar-refractivity contribution is -0.154. The van der Waals surface area contributed by atoms with E-state index in [9.17, 15) is 19.2 Å². The Morgan fingerprint density at radius 3 is 2.39 bits per heavy atom. The van der Waals surface area contributed by atoms with Crippen molar-refractivity contribution in [3.8, 4) is 0 Å². The Labute approximate surface area is 179 Å². The van der Waals surface area contributed by atoms with Crippen LogP contribution in [-0.4, -0.2) is 53.3 Å². The van der Waals surface area contributed by atoms with E-state index < -0.39 is 41.9 Å². The molecule has 0 spiro atoms. The molecule has 0 radical (unpaired) electrons. The summed E-state index contributed by atoms with van der Waals surface area (Å²) in [5.41, 5.74) is 1.26. The monoisotopic (exact) mass is 421 g/mol. The molecule has 0 bridgehead atoms. The van der Waals surface area contributed by atoms with E-state index in [4.69, 9.17) is 4.74 Å². The lowest BCUT2D eigenvalue weighted by Gasteiger charge is -2.35. The first-order chi connectivity index (χ1) is 14.8. The van der Waals surface area contributed by atoms with Gasteiger partial charge in [-0.1, -0.05) is 54.6 Å². The van der Waals surface area contributed by atoms with Crippen LogP contribution in [0, 0.1) is 0 Å². The first-order valence-corrected chi connectivity index (χ1v) is 9.99. The molecule has 8 nitrogen and oxygen atoms in total. The van der Waals surface area contributed by atoms with Gasteiger partial charge in [0.2, 0.25) is 5.91 Å². The van der Waals surface area contributed by atoms with Crippen molar-refractivity contribution in [3.63, 3.8) is 0 Å². The number of amides is 4. The van der Waals surface area contributed by atoms with E-state index in [-0.39, 0.29) is 6.54 Å². The fourth-order valence-electron chi connectivity index (χ4n) is 4.17. The predicted octanol–water partition coefficient (Wildman–Crippen LogP) is 1.58. The molecule has 4 rings (SSSR count). The molecule has 0 unspecified atom stereocenters. The maximum Gasteiger partial charge on any atom is 0.328 e. The second kappa shape index (κ2) is 7.86. The van der Waals surface area contributed by atoms with Crippen molar-refractivity contribution in [3.05, 3.63) is 71.3 Å². The lowest BCUT2D eigenvalue weighted by Crippen LogP contribution is -2.52. The molecule has 2 atom stereocenters. The van der Waals surface area contributed by atoms with E-state index in [1.54, 1.807) is 31.2 Å². The zero-order chi connectivity index (χ0) is 22.2. The van der Waals surface area contributed by atoms with Crippen molar-refractivity contribution in [1.29, 1.82) is 0 Å². The molecule has 2 aliphatic rings. The minimum Gasteiger partial charge on any atom is -0.467 e. The minimum absolute atomic E-state index is 0.203. The van der Waals surface area contributed by atoms with Crippen LogP contribution in [0.3, 0.4) is 0 Å². The van der Waals surface area contributed by atoms with Crippen molar-refractivity contribution in [2.45, 2.75) is 31.5 Å². The molecule has 2 aromatic rings. The molecule has 0 aromatic heterocycles. The minimum atomic E-state index is -1.26. The third kappa shape index (κ3) is 3.54. The van der Waals surface area contributed by atoms with Crippen LogP contribution in [0.15, 0.2) is 54.6 Å². The Morgan fingerprint density at radius 1 is 1.06 bits per heavy atom. The van der Waals surface area contributed by atoms with Gasteiger partial charge < -0.3 is 15.0 Å². The first kappa shape index (κ1) is 20.6. The molecule has 2 aromatic carbocycles. The van der Waals surface area contributed by atoms with Crippen LogP contribution in [0.5, 0.6) is 0 Å². The Balaban J connectivity index is 1.57. The summed E-state index contributed by atoms with van der Waals surface area (Å²) < 4.78 is 4.90. The molecule has 4 amide bonds. The number of fused-ring (bicyclic) bond motifs is 1. The Morgan fingerprint density at radius 2 is 1.71 bits per heavy atom. The van der Waals surface area contributed by atoms with E-state index in [1.807, 2.05) is 30.3 Å². The van der Waals surface area contributed by atoms with Gasteiger partial charge in [-0.05, 0) is 23.6 Å². The summed E-state index contributed by atoms with van der Waals surface area (Å²) in [6.07, 6.45) is 0.316. The van der Waals surface area contributed by atoms with Gasteiger partial charge >= 0.3 is 12.0 Å². The Bertz CT molecular complexity index is 1050. The molecule has 2 aliphatic heterocycles. The predicted molar refractivity (Wildman–Crippen MR) is 111 cm³/mol. The van der Waals surface area contributed by atoms with E-state index in [0.29, 0.717) is 12.0 Å². The third-order valence-corrected chi connectivity index (χ3v) is 5.96. The zero-order valence-electron chi connectivity index (χ0n) is 17.3. The molecular weight excluding hydrogens is 398 g/mol. The molecule has 0 saturated carbocycles. The van der Waals surface area contributed by atoms with E-state index in [2.05, 4.69) is 5.32 Å². The van der Waals surface area contributed by atoms with Crippen LogP contribution in [-0.2, 0) is 37.6 Å². The fraction of sp³-hybridized carbons (Fsp3) is 0.304. The maximum atomic E-state index is 13.2. The van der Waals surface area contributed by atoms with Crippen LogP contribution >= 0.6 is 0 Å². The lowest BCUT2D eigenvalue weighted by atomic mass is 9.92. The highest BCUT2D eigenvalue weighted by Crippen LogP contribution is 2.29. The van der Waals surface area contributed by atoms with Crippen LogP contribution in [0.4, 0.5) is 4.79 Å². The molecule has 1 N–H and O–H groups in total. The Hall–Kier alpha value is -3.68. The summed E-state index contributed by atoms with van der Waals surface area (Å²) in [5.74, 6) is -1.54. The summed E-state index contributed by atoms with van der Waals surface area (Å²) in [7, 11) is 1.27. The van der Waals surface area contributed by atoms with E-state index in [1.165, 1.54) is 12.0 Å². The number of carbonyl (C=O) groups excluding carboxylic acids is 4. The SMILES string of the molecule is COC(=O)[C@H]1Cc2ccccc2CN1C(=O)CN1C(=O)N[C@@](C)(c2ccccc2)C1=O. The Kier molecular flexibility index (Phi) is 5.22. The van der Waals surface area contributed by atoms with Crippen molar-refractivity contribution < 1.29 is 23.9 Å². The number of imide groups is 1. The fourth-order valence-corrected chi connectivity index (χ4v) is 4.17. The number of methoxy groups -OCH3 is 1. The van der Waals surface area contributed by atoms with Crippen molar-refractivity contribution >= 4 is 23.8 Å². The van der Waals surface area contributed by atoms with Crippen LogP contribution in [0.25, 0.3) is 0 Å². The molecule has 1 fully saturated rings. The first-order valence-electron chi connectivity index (χ1n) is 9.99. The highest BCUT2D eigenvalue weighted by atomic mass is 16.5. The molecule has 31 heavy (non-hydrogen) atoms. The number of ether oxygens (including phenoxy) is 1. The summed E-state index contributed by atoms with van der Waals surface area (Å²) in [5, 5.41) is 2.69. The van der Waals surface area contributed by atoms with Crippen molar-refractivity contribution in [2.75, 3.05) is 13.7 Å². The number of nitrogens with zero attached hydrogens (tertiary/aromatic N) is 2. The van der Waals surface area contributed by atoms with Gasteiger partial charge in [-0.2, -0.15) is 0 Å². The summed E-state index contributed by atoms with van der Waals surface area (Å²) in [6, 6.07) is 15.0. The van der Waals surface area contributed by atoms with Crippen LogP contribution < -0.4 is 5.32 Å². The summed E-state index contributed by atoms with van der Waals surface area (Å²) >= 11 is 0. The standard InChI is InChI=1S/C23H23N3O5/c1-23(17-10-4-3-5-11-17)21(29)26(22(30)24-23)14-19(27)25-13-16-9-7-6-8-15(16)12-18(25)20(28)31-2/h3-11,18H,12-14H2,1-2H3,(H,24,30)/t18-,23+/m1/s1. The molecule has 0 aliphatic carbocycles. The van der Waals surface area contributed by atoms with Gasteiger partial charge in [0.25, 0.3) is 5.91 Å². The third-order valence-electron chi connectivity index (χ3n) is 5.96. The van der Waals surface area contributed by atoms with Gasteiger partial charge in [-0.15, -0.1) is 0 Å². The summed E-state index contributed by atoms with van der Waals surface area (Å²) in [6.45, 7) is 1.36. The molecule has 8 heteroatoms. The maximum absolute atomic E-state index is 13.2. The average molecular weight is 421 g/mol. The highest BCUT2D eigenvalue weighted by Gasteiger charge is 2.50. The topological polar surface area (TPSA) is 96.0 Å². The van der Waals surface area contributed by atoms with Crippen LogP contribution in [0.1, 0.15) is 23.6 Å². The van der Waals surface area contributed by atoms with Gasteiger partial charge in [0.15, 0.2) is 0 Å². The number of hydrogen-bond donors (Lipinski definition) is 1. The molecule has 160 valence electrons. The highest BCUT2D eigenvalue weighted by molar-refractivity contribution is 6.09. The normalized spacial score (nSPS) is 22.7. The van der Waals surface area contributed by atoms with Gasteiger partial charge in [-0.3, -0.25) is 14.5 Å². The molecule has 2 heterocycles. The molecule has 1 saturated heterocycles. The number of urea groups is 1. The molecular formula is C23H23N3O5. The second-order valence-electron chi connectivity index (χ2n) is 7.85. The summed E-state index contributed by atoms with van der Waals surface area (Å²) in [4.78, 5) is 53.5. The van der Waals surface area contributed by atoms with Gasteiger partial charge in [0.05, 0.1) is 7.11 Å². The van der Waals surface area contributed by atoms with Crippen molar-refractivity contribution in [1.82, 2.24) is 15.1 Å². The zero-order valence-corrected chi connectivity index (χ0v) is 17.3. The van der Waals surface area contributed by atoms with Crippen molar-refractivity contribution in [2.24, 2.45) is 0 Å². The van der Waals surface area contributed by atoms with Crippen LogP contribution in [0.2, 0.25) is 0 Å². The van der Waals surface area contributed by atoms with Gasteiger partial charge in [0.1, 0.15) is 18.1 Å². The largest absolute Gasteiger partial charge is 0.467 e. The number of rotatable bonds is 4. The average Bonchev–Trinajstić information content (AvgIpc) is 3.02. The second-order valence-corrected chi connectivity index (χ2v) is 7.85. The number of hydrogen-bond acceptors (Lipinski definition) is 5. The van der Waals surface area contributed by atoms with E-state index >= 15 is 0 Å². The smallest absolute Gasteiger partial charge is 0.328 e. The number of benzene rings is 2. The number of esters is 1.